The van der Waals surface area contributed by atoms with Crippen molar-refractivity contribution >= 4 is 82.2 Å². The lowest BCUT2D eigenvalue weighted by molar-refractivity contribution is -0.144. The molecule has 4 atom stereocenters. The molecule has 4 unspecified atom stereocenters. The van der Waals surface area contributed by atoms with Gasteiger partial charge in [-0.25, -0.2) is 9.59 Å². The zero-order valence-corrected chi connectivity index (χ0v) is 38.7. The second kappa shape index (κ2) is 27.0. The summed E-state index contributed by atoms with van der Waals surface area (Å²) in [4.78, 5) is 114. The number of amides is 5. The Bertz CT molecular complexity index is 2460. The number of benzene rings is 1. The molecular formula is C44H54N10O16S. The fourth-order valence-electron chi connectivity index (χ4n) is 6.79. The number of carbonyl (C=O) groups is 9. The molecule has 0 radical (unpaired) electrons. The van der Waals surface area contributed by atoms with E-state index in [4.69, 9.17) is 48.5 Å². The van der Waals surface area contributed by atoms with Gasteiger partial charge in [0.25, 0.3) is 0 Å². The van der Waals surface area contributed by atoms with Crippen LogP contribution in [0.15, 0.2) is 82.0 Å². The number of aliphatic imine (C=N–C) groups is 1. The van der Waals surface area contributed by atoms with Crippen LogP contribution in [0.1, 0.15) is 61.7 Å². The van der Waals surface area contributed by atoms with Crippen LogP contribution in [-0.2, 0) is 43.1 Å². The number of fused-ring (bicyclic) bond motifs is 1. The molecule has 26 nitrogen and oxygen atoms in total. The first-order chi connectivity index (χ1) is 33.7. The summed E-state index contributed by atoms with van der Waals surface area (Å²) in [6.07, 6.45) is 7.39. The topological polar surface area (TPSA) is 422 Å². The number of anilines is 1. The lowest BCUT2D eigenvalue weighted by atomic mass is 9.92. The average Bonchev–Trinajstić information content (AvgIpc) is 3.30. The molecule has 0 spiro atoms. The summed E-state index contributed by atoms with van der Waals surface area (Å²) in [7, 11) is 0. The van der Waals surface area contributed by atoms with Gasteiger partial charge in [-0.15, -0.1) is 0 Å². The zero-order valence-electron chi connectivity index (χ0n) is 37.9. The minimum Gasteiger partial charge on any atom is -0.508 e. The SMILES string of the molecule is NC(N)=NCCCC(NC(=O)CNC(=O)CCCCCNC(=S)Nc1ccc(OC2=C3C=CC(O)=CC3OC3=C2C=CC(=O)C3)c(C(=O)O)c1)C(=O)NCC(=O)NC(CC(=O)O)C(=O)NC(CO)C(=O)O. The highest BCUT2D eigenvalue weighted by Crippen LogP contribution is 2.39. The Morgan fingerprint density at radius 1 is 0.831 bits per heavy atom. The largest absolute Gasteiger partial charge is 0.508 e. The Kier molecular flexibility index (Phi) is 21.0. The van der Waals surface area contributed by atoms with E-state index in [1.807, 2.05) is 5.32 Å². The van der Waals surface area contributed by atoms with E-state index < -0.39 is 97.8 Å². The van der Waals surface area contributed by atoms with Crippen molar-refractivity contribution in [2.75, 3.05) is 38.1 Å². The first-order valence-corrected chi connectivity index (χ1v) is 22.2. The van der Waals surface area contributed by atoms with E-state index in [0.29, 0.717) is 48.4 Å². The van der Waals surface area contributed by atoms with E-state index in [1.54, 1.807) is 12.1 Å². The molecule has 0 aromatic heterocycles. The zero-order chi connectivity index (χ0) is 52.2. The first-order valence-electron chi connectivity index (χ1n) is 21.8. The van der Waals surface area contributed by atoms with Gasteiger partial charge in [0, 0.05) is 36.8 Å². The van der Waals surface area contributed by atoms with Gasteiger partial charge in [-0.1, -0.05) is 6.42 Å². The van der Waals surface area contributed by atoms with Gasteiger partial charge in [0.1, 0.15) is 52.8 Å². The first kappa shape index (κ1) is 55.3. The van der Waals surface area contributed by atoms with E-state index in [-0.39, 0.29) is 71.9 Å². The Hall–Kier alpha value is -8.33. The van der Waals surface area contributed by atoms with E-state index in [9.17, 15) is 53.4 Å². The minimum absolute atomic E-state index is 0.00118. The second-order valence-electron chi connectivity index (χ2n) is 15.7. The van der Waals surface area contributed by atoms with Crippen molar-refractivity contribution in [2.24, 2.45) is 16.5 Å². The van der Waals surface area contributed by atoms with Crippen LogP contribution in [0, 0.1) is 0 Å². The number of guanidine groups is 1. The standard InChI is InChI=1S/C44H54N10O16S/c45-43(46)47-14-4-5-28(39(63)50-20-36(60)53-29(18-37(61)62)40(64)54-30(21-55)42(67)68)52-35(59)19-49-34(58)6-2-1-3-13-48-44(71)51-22-7-12-31(27(15-22)41(65)66)70-38-25-10-8-23(56)16-32(25)69-33-17-24(57)9-11-26(33)38/h7-12,15-16,28-30,32,55-56H,1-6,13-14,17-21H2,(H,49,58)(H,50,63)(H,52,59)(H,53,60)(H,54,64)(H,61,62)(H,65,66)(H,67,68)(H4,45,46,47)(H2,48,51,71). The molecule has 0 saturated carbocycles. The number of ether oxygens (including phenoxy) is 2. The number of aliphatic carboxylic acids is 2. The number of ketones is 1. The number of nitrogens with one attached hydrogen (secondary N) is 7. The summed E-state index contributed by atoms with van der Waals surface area (Å²) in [6, 6.07) is -0.468. The quantitative estimate of drug-likeness (QED) is 0.0203. The van der Waals surface area contributed by atoms with Crippen LogP contribution in [0.2, 0.25) is 0 Å². The highest BCUT2D eigenvalue weighted by Gasteiger charge is 2.34. The number of allylic oxidation sites excluding steroid dienone is 4. The smallest absolute Gasteiger partial charge is 0.339 e. The number of hydrogen-bond acceptors (Lipinski definition) is 15. The Morgan fingerprint density at radius 2 is 1.55 bits per heavy atom. The third kappa shape index (κ3) is 17.9. The van der Waals surface area contributed by atoms with E-state index in [1.165, 1.54) is 36.4 Å². The number of aliphatic hydroxyl groups excluding tert-OH is 2. The third-order valence-electron chi connectivity index (χ3n) is 10.2. The van der Waals surface area contributed by atoms with Crippen molar-refractivity contribution < 1.29 is 78.2 Å². The van der Waals surface area contributed by atoms with Crippen molar-refractivity contribution in [3.63, 3.8) is 0 Å². The Morgan fingerprint density at radius 3 is 2.23 bits per heavy atom. The molecule has 0 bridgehead atoms. The van der Waals surface area contributed by atoms with Crippen LogP contribution in [0.3, 0.4) is 0 Å². The number of unbranched alkanes of at least 4 members (excludes halogenated alkanes) is 2. The lowest BCUT2D eigenvalue weighted by Gasteiger charge is -2.31. The summed E-state index contributed by atoms with van der Waals surface area (Å²) < 4.78 is 12.1. The van der Waals surface area contributed by atoms with Crippen LogP contribution in [0.4, 0.5) is 5.69 Å². The molecule has 1 aliphatic heterocycles. The average molecular weight is 1010 g/mol. The molecule has 3 aliphatic rings. The van der Waals surface area contributed by atoms with Crippen LogP contribution in [0.25, 0.3) is 0 Å². The highest BCUT2D eigenvalue weighted by molar-refractivity contribution is 7.80. The predicted molar refractivity (Wildman–Crippen MR) is 253 cm³/mol. The molecule has 4 rings (SSSR count). The second-order valence-corrected chi connectivity index (χ2v) is 16.1. The number of nitrogens with zero attached hydrogens (tertiary/aromatic N) is 1. The van der Waals surface area contributed by atoms with Crippen molar-refractivity contribution in [3.05, 3.63) is 82.6 Å². The van der Waals surface area contributed by atoms with Crippen LogP contribution in [-0.4, -0.2) is 147 Å². The van der Waals surface area contributed by atoms with Gasteiger partial charge in [-0.2, -0.15) is 0 Å². The Balaban J connectivity index is 1.20. The van der Waals surface area contributed by atoms with E-state index >= 15 is 0 Å². The number of rotatable bonds is 27. The van der Waals surface area contributed by atoms with Crippen LogP contribution in [0.5, 0.6) is 5.75 Å². The number of nitrogens with two attached hydrogens (primary N) is 2. The fourth-order valence-corrected chi connectivity index (χ4v) is 7.01. The fraction of sp³-hybridized carbons (Fsp3) is 0.386. The third-order valence-corrected chi connectivity index (χ3v) is 10.5. The van der Waals surface area contributed by atoms with Gasteiger partial charge in [-0.05, 0) is 80.4 Å². The molecule has 2 aliphatic carbocycles. The van der Waals surface area contributed by atoms with Gasteiger partial charge < -0.3 is 83.7 Å². The number of carboxylic acids is 3. The molecule has 1 aromatic rings. The molecular weight excluding hydrogens is 957 g/mol. The normalized spacial score (nSPS) is 15.7. The number of aliphatic hydroxyl groups is 2. The summed E-state index contributed by atoms with van der Waals surface area (Å²) >= 11 is 5.39. The van der Waals surface area contributed by atoms with Gasteiger partial charge in [-0.3, -0.25) is 38.6 Å². The number of thiocarbonyl (C=S) groups is 1. The summed E-state index contributed by atoms with van der Waals surface area (Å²) in [5.41, 5.74) is 11.8. The van der Waals surface area contributed by atoms with E-state index in [0.717, 1.165) is 0 Å². The highest BCUT2D eigenvalue weighted by atomic mass is 32.1. The summed E-state index contributed by atoms with van der Waals surface area (Å²) in [6.45, 7) is -1.88. The number of carboxylic acid groups (broad SMARTS) is 3. The van der Waals surface area contributed by atoms with Crippen molar-refractivity contribution in [1.29, 1.82) is 0 Å². The van der Waals surface area contributed by atoms with Gasteiger partial charge in [0.05, 0.1) is 38.1 Å². The molecule has 0 saturated heterocycles. The van der Waals surface area contributed by atoms with Gasteiger partial charge in [0.15, 0.2) is 16.9 Å². The molecule has 0 fully saturated rings. The molecule has 71 heavy (non-hydrogen) atoms. The molecule has 16 N–H and O–H groups in total. The summed E-state index contributed by atoms with van der Waals surface area (Å²) in [5, 5.41) is 64.8. The van der Waals surface area contributed by atoms with Gasteiger partial charge >= 0.3 is 17.9 Å². The lowest BCUT2D eigenvalue weighted by Crippen LogP contribution is -2.55. The molecule has 5 amide bonds. The predicted octanol–water partition coefficient (Wildman–Crippen LogP) is -1.65. The molecule has 1 aromatic carbocycles. The van der Waals surface area contributed by atoms with E-state index in [2.05, 4.69) is 36.9 Å². The van der Waals surface area contributed by atoms with Gasteiger partial charge in [0.2, 0.25) is 29.5 Å². The molecule has 27 heteroatoms. The van der Waals surface area contributed by atoms with Crippen LogP contribution < -0.4 is 53.4 Å². The summed E-state index contributed by atoms with van der Waals surface area (Å²) in [5.74, 6) is -8.66. The van der Waals surface area contributed by atoms with Crippen molar-refractivity contribution in [1.82, 2.24) is 31.9 Å². The number of aromatic carboxylic acids is 1. The Labute approximate surface area is 409 Å². The van der Waals surface area contributed by atoms with Crippen molar-refractivity contribution in [2.45, 2.75) is 75.6 Å². The van der Waals surface area contributed by atoms with Crippen molar-refractivity contribution in [3.8, 4) is 5.75 Å². The number of hydrogen-bond donors (Lipinski definition) is 14. The molecule has 382 valence electrons. The van der Waals surface area contributed by atoms with Crippen LogP contribution >= 0.6 is 12.2 Å². The molecule has 1 heterocycles. The minimum atomic E-state index is -1.78. The number of carbonyl (C=O) groups excluding carboxylic acids is 6. The maximum atomic E-state index is 13.1. The maximum Gasteiger partial charge on any atom is 0.339 e. The monoisotopic (exact) mass is 1010 g/mol. The maximum absolute atomic E-state index is 13.1.